The molecule has 0 atom stereocenters. The molecule has 8 aromatic rings. The summed E-state index contributed by atoms with van der Waals surface area (Å²) in [6, 6.07) is 35.3. The van der Waals surface area contributed by atoms with E-state index in [1.54, 1.807) is 0 Å². The molecular formula is C48H48O8. The molecule has 0 aromatic heterocycles. The summed E-state index contributed by atoms with van der Waals surface area (Å²) in [5.41, 5.74) is 4.69. The molecule has 8 nitrogen and oxygen atoms in total. The Balaban J connectivity index is 0.850. The number of benzene rings is 8. The van der Waals surface area contributed by atoms with E-state index < -0.39 is 0 Å². The smallest absolute Gasteiger partial charge is 0.0724 e. The summed E-state index contributed by atoms with van der Waals surface area (Å²) in [7, 11) is 0. The topological polar surface area (TPSA) is 73.8 Å². The van der Waals surface area contributed by atoms with Crippen molar-refractivity contribution >= 4 is 64.6 Å². The van der Waals surface area contributed by atoms with Gasteiger partial charge in [-0.1, -0.05) is 97.1 Å². The Hall–Kier alpha value is -4.48. The van der Waals surface area contributed by atoms with E-state index in [4.69, 9.17) is 37.9 Å². The standard InChI is InChI=1S/C48H48O8/c1-5-37-29-53-25-21-49-17-18-50-23-27-55-31-39-7-3-35-12-16-44-40(8-4-36-11-15-43(39)47(35)48(36)44)32-56-28-24-52-20-19-51-22-26-54-30-38-6-2-34-10-14-41(37)45-33(1)9-13-42(38)46(34)45/h1-16H,17-32H2. The summed E-state index contributed by atoms with van der Waals surface area (Å²) in [5.74, 6) is 0. The molecule has 12 bridgehead atoms. The zero-order chi connectivity index (χ0) is 37.5. The van der Waals surface area contributed by atoms with Gasteiger partial charge in [0.15, 0.2) is 0 Å². The Morgan fingerprint density at radius 3 is 0.643 bits per heavy atom. The predicted molar refractivity (Wildman–Crippen MR) is 222 cm³/mol. The molecule has 0 unspecified atom stereocenters. The number of hydrogen-bond acceptors (Lipinski definition) is 8. The largest absolute Gasteiger partial charge is 0.377 e. The first-order valence-electron chi connectivity index (χ1n) is 19.8. The van der Waals surface area contributed by atoms with Crippen LogP contribution in [0, 0.1) is 0 Å². The summed E-state index contributed by atoms with van der Waals surface area (Å²) >= 11 is 0. The van der Waals surface area contributed by atoms with Crippen molar-refractivity contribution in [2.45, 2.75) is 26.4 Å². The van der Waals surface area contributed by atoms with Crippen molar-refractivity contribution in [1.82, 2.24) is 0 Å². The van der Waals surface area contributed by atoms with E-state index in [9.17, 15) is 0 Å². The highest BCUT2D eigenvalue weighted by Gasteiger charge is 2.15. The van der Waals surface area contributed by atoms with Crippen LogP contribution < -0.4 is 0 Å². The van der Waals surface area contributed by atoms with Gasteiger partial charge in [-0.25, -0.2) is 0 Å². The average molecular weight is 753 g/mol. The van der Waals surface area contributed by atoms with Crippen molar-refractivity contribution in [1.29, 1.82) is 0 Å². The first-order valence-corrected chi connectivity index (χ1v) is 19.8. The van der Waals surface area contributed by atoms with E-state index >= 15 is 0 Å². The maximum atomic E-state index is 6.09. The van der Waals surface area contributed by atoms with Crippen LogP contribution in [0.3, 0.4) is 0 Å². The van der Waals surface area contributed by atoms with Crippen molar-refractivity contribution < 1.29 is 37.9 Å². The van der Waals surface area contributed by atoms with Gasteiger partial charge in [-0.2, -0.15) is 0 Å². The van der Waals surface area contributed by atoms with Gasteiger partial charge in [0.05, 0.1) is 106 Å². The predicted octanol–water partition coefficient (Wildman–Crippen LogP) is 9.33. The lowest BCUT2D eigenvalue weighted by molar-refractivity contribution is -0.00599. The highest BCUT2D eigenvalue weighted by Crippen LogP contribution is 2.39. The lowest BCUT2D eigenvalue weighted by Gasteiger charge is -2.16. The van der Waals surface area contributed by atoms with Crippen LogP contribution in [0.15, 0.2) is 97.1 Å². The summed E-state index contributed by atoms with van der Waals surface area (Å²) in [6.45, 7) is 8.22. The fourth-order valence-corrected chi connectivity index (χ4v) is 8.19. The molecule has 0 N–H and O–H groups in total. The summed E-state index contributed by atoms with van der Waals surface area (Å²) < 4.78 is 47.6. The van der Waals surface area contributed by atoms with E-state index in [2.05, 4.69) is 97.1 Å². The third-order valence-electron chi connectivity index (χ3n) is 11.0. The van der Waals surface area contributed by atoms with E-state index in [1.807, 2.05) is 0 Å². The molecular weight excluding hydrogens is 705 g/mol. The monoisotopic (exact) mass is 752 g/mol. The van der Waals surface area contributed by atoms with Gasteiger partial charge in [0, 0.05) is 0 Å². The minimum absolute atomic E-state index is 0.511. The van der Waals surface area contributed by atoms with Crippen LogP contribution in [-0.4, -0.2) is 79.3 Å². The molecule has 0 amide bonds. The molecule has 8 aromatic carbocycles. The minimum atomic E-state index is 0.511. The van der Waals surface area contributed by atoms with Crippen molar-refractivity contribution in [2.75, 3.05) is 79.3 Å². The molecule has 8 heteroatoms. The van der Waals surface area contributed by atoms with Gasteiger partial charge in [0.25, 0.3) is 0 Å². The second kappa shape index (κ2) is 17.8. The third kappa shape index (κ3) is 7.89. The molecule has 0 saturated carbocycles. The lowest BCUT2D eigenvalue weighted by Crippen LogP contribution is -2.12. The maximum Gasteiger partial charge on any atom is 0.0724 e. The summed E-state index contributed by atoms with van der Waals surface area (Å²) in [6.07, 6.45) is 0. The van der Waals surface area contributed by atoms with Gasteiger partial charge >= 0.3 is 0 Å². The Bertz CT molecular complexity index is 2180. The van der Waals surface area contributed by atoms with Crippen LogP contribution in [-0.2, 0) is 64.3 Å². The van der Waals surface area contributed by atoms with Crippen LogP contribution in [0.5, 0.6) is 0 Å². The van der Waals surface area contributed by atoms with Crippen molar-refractivity contribution in [2.24, 2.45) is 0 Å². The molecule has 0 aliphatic carbocycles. The molecule has 0 fully saturated rings. The lowest BCUT2D eigenvalue weighted by atomic mass is 9.90. The number of ether oxygens (including phenoxy) is 8. The third-order valence-corrected chi connectivity index (χ3v) is 11.0. The minimum Gasteiger partial charge on any atom is -0.377 e. The zero-order valence-corrected chi connectivity index (χ0v) is 31.8. The van der Waals surface area contributed by atoms with Crippen LogP contribution in [0.4, 0.5) is 0 Å². The first kappa shape index (κ1) is 37.1. The average Bonchev–Trinajstić information content (AvgIpc) is 3.23. The van der Waals surface area contributed by atoms with Crippen molar-refractivity contribution in [3.8, 4) is 0 Å². The van der Waals surface area contributed by atoms with Crippen LogP contribution in [0.25, 0.3) is 64.6 Å². The highest BCUT2D eigenvalue weighted by atomic mass is 16.6. The number of rotatable bonds is 0. The maximum absolute atomic E-state index is 6.09. The van der Waals surface area contributed by atoms with Crippen molar-refractivity contribution in [3.63, 3.8) is 0 Å². The number of hydrogen-bond donors (Lipinski definition) is 0. The van der Waals surface area contributed by atoms with Gasteiger partial charge in [0.2, 0.25) is 0 Å². The molecule has 0 spiro atoms. The second-order valence-electron chi connectivity index (χ2n) is 14.4. The van der Waals surface area contributed by atoms with E-state index in [0.29, 0.717) is 106 Å². The van der Waals surface area contributed by atoms with Gasteiger partial charge < -0.3 is 37.9 Å². The van der Waals surface area contributed by atoms with Crippen LogP contribution >= 0.6 is 0 Å². The molecule has 0 radical (unpaired) electrons. The fraction of sp³-hybridized carbons (Fsp3) is 0.333. The summed E-state index contributed by atoms with van der Waals surface area (Å²) in [4.78, 5) is 0. The molecule has 1 heterocycles. The second-order valence-corrected chi connectivity index (χ2v) is 14.4. The highest BCUT2D eigenvalue weighted by molar-refractivity contribution is 6.25. The van der Waals surface area contributed by atoms with Gasteiger partial charge in [-0.05, 0) is 86.9 Å². The Morgan fingerprint density at radius 1 is 0.214 bits per heavy atom. The SMILES string of the molecule is c1cc2ccc3c4ccc5ccc(c1COCCOCCOCCOCc1ccc6ccc7c(ccc8ccc1c6c87)COCCOCCOCCOC4)c2c53. The Kier molecular flexibility index (Phi) is 11.8. The Labute approximate surface area is 326 Å². The first-order chi connectivity index (χ1) is 27.8. The molecule has 56 heavy (non-hydrogen) atoms. The molecule has 1 aliphatic heterocycles. The molecule has 9 rings (SSSR count). The van der Waals surface area contributed by atoms with Gasteiger partial charge in [-0.3, -0.25) is 0 Å². The fourth-order valence-electron chi connectivity index (χ4n) is 8.19. The van der Waals surface area contributed by atoms with Gasteiger partial charge in [-0.15, -0.1) is 0 Å². The van der Waals surface area contributed by atoms with E-state index in [-0.39, 0.29) is 0 Å². The zero-order valence-electron chi connectivity index (χ0n) is 31.8. The van der Waals surface area contributed by atoms with Crippen LogP contribution in [0.2, 0.25) is 0 Å². The van der Waals surface area contributed by atoms with E-state index in [1.165, 1.54) is 86.9 Å². The quantitative estimate of drug-likeness (QED) is 0.142. The van der Waals surface area contributed by atoms with Gasteiger partial charge in [0.1, 0.15) is 0 Å². The Morgan fingerprint density at radius 2 is 0.411 bits per heavy atom. The van der Waals surface area contributed by atoms with E-state index in [0.717, 1.165) is 0 Å². The molecule has 1 aliphatic rings. The summed E-state index contributed by atoms with van der Waals surface area (Å²) in [5, 5.41) is 14.9. The van der Waals surface area contributed by atoms with Crippen molar-refractivity contribution in [3.05, 3.63) is 119 Å². The normalized spacial score (nSPS) is 17.7. The van der Waals surface area contributed by atoms with Crippen LogP contribution in [0.1, 0.15) is 22.3 Å². The molecule has 0 saturated heterocycles. The molecule has 288 valence electrons.